The van der Waals surface area contributed by atoms with E-state index in [1.807, 2.05) is 12.3 Å². The first kappa shape index (κ1) is 16.5. The number of phenolic OH excluding ortho intramolecular Hbond substituents is 1. The summed E-state index contributed by atoms with van der Waals surface area (Å²) in [7, 11) is 0. The van der Waals surface area contributed by atoms with Crippen LogP contribution in [0.3, 0.4) is 0 Å². The predicted octanol–water partition coefficient (Wildman–Crippen LogP) is 4.70. The molecule has 8 heteroatoms. The molecule has 0 unspecified atom stereocenters. The Kier molecular flexibility index (Phi) is 5.43. The molecule has 0 aliphatic rings. The Labute approximate surface area is 147 Å². The van der Waals surface area contributed by atoms with Crippen LogP contribution < -0.4 is 5.43 Å². The van der Waals surface area contributed by atoms with Crippen LogP contribution in [0.5, 0.6) is 5.75 Å². The molecular weight excluding hydrogens is 443 g/mol. The summed E-state index contributed by atoms with van der Waals surface area (Å²) in [5.41, 5.74) is 3.99. The molecule has 2 aromatic rings. The highest BCUT2D eigenvalue weighted by molar-refractivity contribution is 9.11. The third-order valence-corrected chi connectivity index (χ3v) is 5.43. The van der Waals surface area contributed by atoms with Gasteiger partial charge in [-0.15, -0.1) is 11.3 Å². The molecule has 0 aliphatic heterocycles. The van der Waals surface area contributed by atoms with Crippen LogP contribution in [0.1, 0.15) is 20.8 Å². The Balaban J connectivity index is 2.09. The zero-order valence-corrected chi connectivity index (χ0v) is 15.4. The number of aromatic hydroxyl groups is 1. The van der Waals surface area contributed by atoms with Crippen LogP contribution >= 0.6 is 54.8 Å². The van der Waals surface area contributed by atoms with Crippen LogP contribution in [0.25, 0.3) is 0 Å². The van der Waals surface area contributed by atoms with Gasteiger partial charge in [0.15, 0.2) is 0 Å². The number of rotatable bonds is 3. The molecule has 0 aliphatic carbocycles. The van der Waals surface area contributed by atoms with Crippen molar-refractivity contribution in [1.29, 1.82) is 0 Å². The smallest absolute Gasteiger partial charge is 0.282 e. The lowest BCUT2D eigenvalue weighted by atomic mass is 10.2. The van der Waals surface area contributed by atoms with Crippen molar-refractivity contribution in [3.05, 3.63) is 47.5 Å². The molecule has 21 heavy (non-hydrogen) atoms. The van der Waals surface area contributed by atoms with E-state index in [4.69, 9.17) is 11.6 Å². The molecule has 110 valence electrons. The molecule has 1 aromatic heterocycles. The summed E-state index contributed by atoms with van der Waals surface area (Å²) in [4.78, 5) is 12.3. The van der Waals surface area contributed by atoms with Crippen molar-refractivity contribution in [2.45, 2.75) is 6.92 Å². The van der Waals surface area contributed by atoms with E-state index >= 15 is 0 Å². The number of hydrazone groups is 1. The average Bonchev–Trinajstić information content (AvgIpc) is 2.76. The molecule has 0 fully saturated rings. The fourth-order valence-corrected chi connectivity index (χ4v) is 3.85. The number of hydrogen-bond acceptors (Lipinski definition) is 4. The number of carbonyl (C=O) groups excluding carboxylic acids is 1. The molecule has 0 spiro atoms. The lowest BCUT2D eigenvalue weighted by Gasteiger charge is -2.02. The maximum Gasteiger partial charge on any atom is 0.282 e. The van der Waals surface area contributed by atoms with Crippen molar-refractivity contribution >= 4 is 66.9 Å². The Bertz CT molecular complexity index is 708. The summed E-state index contributed by atoms with van der Waals surface area (Å²) in [5.74, 6) is -0.247. The normalized spacial score (nSPS) is 11.0. The molecule has 0 saturated carbocycles. The SMILES string of the molecule is Cc1csc(C(=O)N/N=C/c2cc(Br)c(O)c(Br)c2)c1Cl. The quantitative estimate of drug-likeness (QED) is 0.524. The summed E-state index contributed by atoms with van der Waals surface area (Å²) < 4.78 is 1.06. The topological polar surface area (TPSA) is 61.7 Å². The molecule has 2 N–H and O–H groups in total. The van der Waals surface area contributed by atoms with E-state index in [1.165, 1.54) is 17.6 Å². The van der Waals surface area contributed by atoms with Gasteiger partial charge in [-0.05, 0) is 67.4 Å². The minimum Gasteiger partial charge on any atom is -0.506 e. The second-order valence-corrected chi connectivity index (χ2v) is 7.06. The van der Waals surface area contributed by atoms with E-state index in [0.717, 1.165) is 5.56 Å². The zero-order chi connectivity index (χ0) is 15.6. The van der Waals surface area contributed by atoms with Gasteiger partial charge in [-0.2, -0.15) is 5.10 Å². The van der Waals surface area contributed by atoms with Crippen LogP contribution in [-0.2, 0) is 0 Å². The number of hydrogen-bond donors (Lipinski definition) is 2. The fraction of sp³-hybridized carbons (Fsp3) is 0.0769. The Hall–Kier alpha value is -0.890. The van der Waals surface area contributed by atoms with Crippen molar-refractivity contribution in [3.63, 3.8) is 0 Å². The van der Waals surface area contributed by atoms with Gasteiger partial charge in [-0.3, -0.25) is 4.79 Å². The first-order chi connectivity index (χ1) is 9.90. The van der Waals surface area contributed by atoms with Gasteiger partial charge in [0.05, 0.1) is 20.2 Å². The molecule has 0 atom stereocenters. The van der Waals surface area contributed by atoms with E-state index in [1.54, 1.807) is 12.1 Å². The molecule has 4 nitrogen and oxygen atoms in total. The van der Waals surface area contributed by atoms with Crippen LogP contribution in [0.15, 0.2) is 31.6 Å². The molecule has 1 amide bonds. The Morgan fingerprint density at radius 1 is 1.43 bits per heavy atom. The van der Waals surface area contributed by atoms with E-state index < -0.39 is 0 Å². The molecule has 1 aromatic carbocycles. The number of thiophene rings is 1. The number of phenols is 1. The van der Waals surface area contributed by atoms with Gasteiger partial charge in [0.2, 0.25) is 0 Å². The van der Waals surface area contributed by atoms with Crippen LogP contribution in [0, 0.1) is 6.92 Å². The monoisotopic (exact) mass is 450 g/mol. The summed E-state index contributed by atoms with van der Waals surface area (Å²) in [6.07, 6.45) is 1.47. The number of amides is 1. The van der Waals surface area contributed by atoms with Crippen molar-refractivity contribution in [2.24, 2.45) is 5.10 Å². The Morgan fingerprint density at radius 2 is 2.05 bits per heavy atom. The highest BCUT2D eigenvalue weighted by Gasteiger charge is 2.13. The molecule has 1 heterocycles. The van der Waals surface area contributed by atoms with E-state index in [-0.39, 0.29) is 11.7 Å². The second kappa shape index (κ2) is 6.91. The molecular formula is C13H9Br2ClN2O2S. The molecule has 0 bridgehead atoms. The third kappa shape index (κ3) is 3.85. The molecule has 0 saturated heterocycles. The van der Waals surface area contributed by atoms with Gasteiger partial charge in [-0.25, -0.2) is 5.43 Å². The molecule has 2 rings (SSSR count). The van der Waals surface area contributed by atoms with Gasteiger partial charge in [-0.1, -0.05) is 11.6 Å². The Morgan fingerprint density at radius 3 is 2.57 bits per heavy atom. The van der Waals surface area contributed by atoms with Crippen molar-refractivity contribution < 1.29 is 9.90 Å². The fourth-order valence-electron chi connectivity index (χ4n) is 1.46. The largest absolute Gasteiger partial charge is 0.506 e. The van der Waals surface area contributed by atoms with Crippen molar-refractivity contribution in [1.82, 2.24) is 5.43 Å². The lowest BCUT2D eigenvalue weighted by molar-refractivity contribution is 0.0959. The summed E-state index contributed by atoms with van der Waals surface area (Å²) in [6.45, 7) is 1.84. The van der Waals surface area contributed by atoms with Crippen molar-refractivity contribution in [2.75, 3.05) is 0 Å². The van der Waals surface area contributed by atoms with E-state index in [2.05, 4.69) is 42.4 Å². The summed E-state index contributed by atoms with van der Waals surface area (Å²) in [6, 6.07) is 3.36. The standard InChI is InChI=1S/C13H9Br2ClN2O2S/c1-6-5-21-12(10(6)16)13(20)18-17-4-7-2-8(14)11(19)9(15)3-7/h2-5,19H,1H3,(H,18,20)/b17-4+. The number of nitrogens with zero attached hydrogens (tertiary/aromatic N) is 1. The van der Waals surface area contributed by atoms with Crippen LogP contribution in [0.4, 0.5) is 0 Å². The second-order valence-electron chi connectivity index (χ2n) is 4.09. The van der Waals surface area contributed by atoms with Gasteiger partial charge in [0.1, 0.15) is 10.6 Å². The van der Waals surface area contributed by atoms with Crippen LogP contribution in [0.2, 0.25) is 5.02 Å². The maximum atomic E-state index is 11.9. The van der Waals surface area contributed by atoms with Gasteiger partial charge >= 0.3 is 0 Å². The summed E-state index contributed by atoms with van der Waals surface area (Å²) >= 11 is 13.7. The number of carbonyl (C=O) groups is 1. The minimum atomic E-state index is -0.355. The highest BCUT2D eigenvalue weighted by Crippen LogP contribution is 2.32. The van der Waals surface area contributed by atoms with E-state index in [0.29, 0.717) is 24.4 Å². The first-order valence-corrected chi connectivity index (χ1v) is 8.49. The average molecular weight is 453 g/mol. The lowest BCUT2D eigenvalue weighted by Crippen LogP contribution is -2.16. The third-order valence-electron chi connectivity index (χ3n) is 2.52. The number of halogens is 3. The predicted molar refractivity (Wildman–Crippen MR) is 92.6 cm³/mol. The molecule has 0 radical (unpaired) electrons. The van der Waals surface area contributed by atoms with Crippen molar-refractivity contribution in [3.8, 4) is 5.75 Å². The zero-order valence-electron chi connectivity index (χ0n) is 10.7. The maximum absolute atomic E-state index is 11.9. The first-order valence-electron chi connectivity index (χ1n) is 5.65. The van der Waals surface area contributed by atoms with Gasteiger partial charge in [0, 0.05) is 0 Å². The highest BCUT2D eigenvalue weighted by atomic mass is 79.9. The van der Waals surface area contributed by atoms with Gasteiger partial charge < -0.3 is 5.11 Å². The van der Waals surface area contributed by atoms with Crippen LogP contribution in [-0.4, -0.2) is 17.2 Å². The van der Waals surface area contributed by atoms with Gasteiger partial charge in [0.25, 0.3) is 5.91 Å². The number of aryl methyl sites for hydroxylation is 1. The van der Waals surface area contributed by atoms with E-state index in [9.17, 15) is 9.90 Å². The number of benzene rings is 1. The summed E-state index contributed by atoms with van der Waals surface area (Å²) in [5, 5.41) is 15.7. The number of nitrogens with one attached hydrogen (secondary N) is 1. The minimum absolute atomic E-state index is 0.108.